The van der Waals surface area contributed by atoms with Crippen molar-refractivity contribution in [2.24, 2.45) is 0 Å². The number of carbonyl (C=O) groups excluding carboxylic acids is 1. The summed E-state index contributed by atoms with van der Waals surface area (Å²) in [6, 6.07) is 5.75. The number of nitrogens with zero attached hydrogens (tertiary/aromatic N) is 2. The highest BCUT2D eigenvalue weighted by atomic mass is 32.1. The molecule has 1 N–H and O–H groups in total. The number of fused-ring (bicyclic) bond motifs is 4. The second-order valence-electron chi connectivity index (χ2n) is 8.13. The van der Waals surface area contributed by atoms with Gasteiger partial charge in [0.05, 0.1) is 5.39 Å². The minimum atomic E-state index is -0.0727. The van der Waals surface area contributed by atoms with Crippen molar-refractivity contribution < 1.29 is 14.3 Å². The number of benzene rings is 1. The lowest BCUT2D eigenvalue weighted by molar-refractivity contribution is -0.130. The molecule has 0 unspecified atom stereocenters. The molecule has 31 heavy (non-hydrogen) atoms. The van der Waals surface area contributed by atoms with Gasteiger partial charge in [0, 0.05) is 31.3 Å². The number of nitrogens with one attached hydrogen (secondary N) is 1. The van der Waals surface area contributed by atoms with Crippen LogP contribution in [-0.2, 0) is 30.6 Å². The van der Waals surface area contributed by atoms with Gasteiger partial charge in [-0.15, -0.1) is 11.3 Å². The van der Waals surface area contributed by atoms with Gasteiger partial charge in [0.2, 0.25) is 5.91 Å². The van der Waals surface area contributed by atoms with Gasteiger partial charge in [-0.3, -0.25) is 9.59 Å². The van der Waals surface area contributed by atoms with Gasteiger partial charge in [0.15, 0.2) is 11.5 Å². The first-order chi connectivity index (χ1) is 15.1. The standard InChI is InChI=1S/C23H25N3O4S/c1-26(13-14-6-7-16-17(12-14)30-11-10-29-16)20(27)9-8-19-24-22(28)21-15-4-2-3-5-18(15)31-23(21)25-19/h6-7,12H,2-5,8-11,13H2,1H3,(H,24,25,28). The van der Waals surface area contributed by atoms with Crippen LogP contribution in [0.15, 0.2) is 23.0 Å². The highest BCUT2D eigenvalue weighted by molar-refractivity contribution is 7.18. The largest absolute Gasteiger partial charge is 0.486 e. The van der Waals surface area contributed by atoms with E-state index >= 15 is 0 Å². The van der Waals surface area contributed by atoms with Crippen molar-refractivity contribution >= 4 is 27.5 Å². The van der Waals surface area contributed by atoms with Crippen LogP contribution in [0, 0.1) is 0 Å². The van der Waals surface area contributed by atoms with E-state index in [1.54, 1.807) is 23.3 Å². The van der Waals surface area contributed by atoms with E-state index in [2.05, 4.69) is 9.97 Å². The molecule has 8 heteroatoms. The number of aromatic nitrogens is 2. The second kappa shape index (κ2) is 8.34. The minimum absolute atomic E-state index is 0.00288. The smallest absolute Gasteiger partial charge is 0.259 e. The third-order valence-corrected chi connectivity index (χ3v) is 7.09. The van der Waals surface area contributed by atoms with Crippen molar-refractivity contribution in [1.29, 1.82) is 0 Å². The molecule has 2 aromatic heterocycles. The fraction of sp³-hybridized carbons (Fsp3) is 0.435. The molecule has 0 radical (unpaired) electrons. The number of aryl methyl sites for hydroxylation is 3. The number of ether oxygens (including phenoxy) is 2. The van der Waals surface area contributed by atoms with Crippen molar-refractivity contribution in [2.75, 3.05) is 20.3 Å². The van der Waals surface area contributed by atoms with Crippen LogP contribution in [0.1, 0.15) is 41.1 Å². The van der Waals surface area contributed by atoms with E-state index in [1.807, 2.05) is 18.2 Å². The van der Waals surface area contributed by atoms with Gasteiger partial charge >= 0.3 is 0 Å². The molecule has 2 aliphatic rings. The molecule has 1 aliphatic carbocycles. The Kier molecular flexibility index (Phi) is 5.40. The molecular weight excluding hydrogens is 414 g/mol. The Balaban J connectivity index is 1.25. The average Bonchev–Trinajstić information content (AvgIpc) is 3.16. The molecule has 1 amide bonds. The van der Waals surface area contributed by atoms with E-state index in [1.165, 1.54) is 16.9 Å². The number of H-pyrrole nitrogens is 1. The van der Waals surface area contributed by atoms with Gasteiger partial charge < -0.3 is 19.4 Å². The van der Waals surface area contributed by atoms with E-state index in [4.69, 9.17) is 9.47 Å². The predicted octanol–water partition coefficient (Wildman–Crippen LogP) is 3.23. The van der Waals surface area contributed by atoms with Gasteiger partial charge in [0.1, 0.15) is 23.9 Å². The molecule has 5 rings (SSSR count). The first-order valence-electron chi connectivity index (χ1n) is 10.7. The molecule has 0 atom stereocenters. The first kappa shape index (κ1) is 20.1. The van der Waals surface area contributed by atoms with Gasteiger partial charge in [-0.25, -0.2) is 4.98 Å². The van der Waals surface area contributed by atoms with Crippen molar-refractivity contribution in [3.63, 3.8) is 0 Å². The van der Waals surface area contributed by atoms with Crippen LogP contribution < -0.4 is 15.0 Å². The second-order valence-corrected chi connectivity index (χ2v) is 9.22. The number of thiophene rings is 1. The molecule has 0 saturated carbocycles. The van der Waals surface area contributed by atoms with Crippen LogP contribution in [0.25, 0.3) is 10.2 Å². The molecule has 1 aliphatic heterocycles. The van der Waals surface area contributed by atoms with Gasteiger partial charge in [0.25, 0.3) is 5.56 Å². The number of hydrogen-bond donors (Lipinski definition) is 1. The van der Waals surface area contributed by atoms with Crippen LogP contribution in [-0.4, -0.2) is 41.0 Å². The summed E-state index contributed by atoms with van der Waals surface area (Å²) in [5, 5.41) is 0.755. The van der Waals surface area contributed by atoms with Crippen LogP contribution in [0.2, 0.25) is 0 Å². The Hall–Kier alpha value is -2.87. The Morgan fingerprint density at radius 1 is 1.19 bits per heavy atom. The third-order valence-electron chi connectivity index (χ3n) is 5.90. The topological polar surface area (TPSA) is 84.5 Å². The van der Waals surface area contributed by atoms with Gasteiger partial charge in [-0.05, 0) is 48.9 Å². The van der Waals surface area contributed by atoms with Crippen LogP contribution in [0.3, 0.4) is 0 Å². The van der Waals surface area contributed by atoms with Crippen molar-refractivity contribution in [2.45, 2.75) is 45.1 Å². The quantitative estimate of drug-likeness (QED) is 0.660. The molecule has 3 heterocycles. The fourth-order valence-corrected chi connectivity index (χ4v) is 5.57. The first-order valence-corrected chi connectivity index (χ1v) is 11.6. The van der Waals surface area contributed by atoms with Gasteiger partial charge in [-0.1, -0.05) is 6.07 Å². The molecule has 3 aromatic rings. The van der Waals surface area contributed by atoms with E-state index < -0.39 is 0 Å². The predicted molar refractivity (Wildman–Crippen MR) is 119 cm³/mol. The van der Waals surface area contributed by atoms with Crippen molar-refractivity contribution in [3.05, 3.63) is 50.4 Å². The lowest BCUT2D eigenvalue weighted by Gasteiger charge is -2.21. The van der Waals surface area contributed by atoms with Crippen molar-refractivity contribution in [3.8, 4) is 11.5 Å². The highest BCUT2D eigenvalue weighted by Crippen LogP contribution is 2.33. The normalized spacial score (nSPS) is 15.0. The zero-order valence-corrected chi connectivity index (χ0v) is 18.3. The summed E-state index contributed by atoms with van der Waals surface area (Å²) in [6.45, 7) is 1.57. The lowest BCUT2D eigenvalue weighted by atomic mass is 9.97. The average molecular weight is 440 g/mol. The van der Waals surface area contributed by atoms with E-state index in [0.29, 0.717) is 38.4 Å². The molecule has 0 spiro atoms. The maximum absolute atomic E-state index is 12.7. The molecular formula is C23H25N3O4S. The molecule has 0 bridgehead atoms. The number of carbonyl (C=O) groups is 1. The number of rotatable bonds is 5. The molecule has 1 aromatic carbocycles. The van der Waals surface area contributed by atoms with E-state index in [-0.39, 0.29) is 11.5 Å². The molecule has 162 valence electrons. The Bertz CT molecular complexity index is 1200. The third kappa shape index (κ3) is 4.04. The monoisotopic (exact) mass is 439 g/mol. The maximum atomic E-state index is 12.7. The molecule has 0 saturated heterocycles. The summed E-state index contributed by atoms with van der Waals surface area (Å²) in [4.78, 5) is 36.7. The van der Waals surface area contributed by atoms with Gasteiger partial charge in [-0.2, -0.15) is 0 Å². The summed E-state index contributed by atoms with van der Waals surface area (Å²) in [5.41, 5.74) is 2.09. The number of aromatic amines is 1. The van der Waals surface area contributed by atoms with Crippen LogP contribution in [0.4, 0.5) is 0 Å². The minimum Gasteiger partial charge on any atom is -0.486 e. The summed E-state index contributed by atoms with van der Waals surface area (Å²) in [6.07, 6.45) is 5.01. The van der Waals surface area contributed by atoms with Crippen LogP contribution in [0.5, 0.6) is 11.5 Å². The number of amides is 1. The molecule has 7 nitrogen and oxygen atoms in total. The Morgan fingerprint density at radius 2 is 2.00 bits per heavy atom. The Labute approximate surface area is 184 Å². The fourth-order valence-electron chi connectivity index (χ4n) is 4.29. The number of hydrogen-bond acceptors (Lipinski definition) is 6. The summed E-state index contributed by atoms with van der Waals surface area (Å²) < 4.78 is 11.2. The van der Waals surface area contributed by atoms with E-state index in [0.717, 1.165) is 46.5 Å². The van der Waals surface area contributed by atoms with Crippen molar-refractivity contribution in [1.82, 2.24) is 14.9 Å². The molecule has 0 fully saturated rings. The highest BCUT2D eigenvalue weighted by Gasteiger charge is 2.20. The SMILES string of the molecule is CN(Cc1ccc2c(c1)OCCO2)C(=O)CCc1nc2sc3c(c2c(=O)[nH]1)CCCC3. The maximum Gasteiger partial charge on any atom is 0.259 e. The van der Waals surface area contributed by atoms with E-state index in [9.17, 15) is 9.59 Å². The zero-order chi connectivity index (χ0) is 21.4. The summed E-state index contributed by atoms with van der Waals surface area (Å²) in [7, 11) is 1.78. The summed E-state index contributed by atoms with van der Waals surface area (Å²) in [5.74, 6) is 2.04. The van der Waals surface area contributed by atoms with Crippen LogP contribution >= 0.6 is 11.3 Å². The summed E-state index contributed by atoms with van der Waals surface area (Å²) >= 11 is 1.63. The zero-order valence-electron chi connectivity index (χ0n) is 17.5. The lowest BCUT2D eigenvalue weighted by Crippen LogP contribution is -2.27. The Morgan fingerprint density at radius 3 is 2.87 bits per heavy atom.